The fourth-order valence-electron chi connectivity index (χ4n) is 3.36. The number of likely N-dealkylation sites (N-methyl/N-ethyl adjacent to an activating group) is 1. The van der Waals surface area contributed by atoms with Crippen molar-refractivity contribution in [1.29, 1.82) is 0 Å². The van der Waals surface area contributed by atoms with Crippen LogP contribution in [0.25, 0.3) is 0 Å². The van der Waals surface area contributed by atoms with Gasteiger partial charge in [0.05, 0.1) is 26.8 Å². The minimum atomic E-state index is -0.223. The molecule has 29 heavy (non-hydrogen) atoms. The molecule has 0 aromatic heterocycles. The molecule has 8 heteroatoms. The molecule has 0 spiro atoms. The van der Waals surface area contributed by atoms with E-state index in [9.17, 15) is 9.59 Å². The van der Waals surface area contributed by atoms with Crippen LogP contribution >= 0.6 is 0 Å². The molecule has 0 bridgehead atoms. The Hall–Kier alpha value is -2.32. The third kappa shape index (κ3) is 6.61. The van der Waals surface area contributed by atoms with Crippen LogP contribution in [0.1, 0.15) is 18.9 Å². The fourth-order valence-corrected chi connectivity index (χ4v) is 3.36. The predicted molar refractivity (Wildman–Crippen MR) is 112 cm³/mol. The molecule has 1 fully saturated rings. The number of carbonyl (C=O) groups excluding carboxylic acids is 2. The van der Waals surface area contributed by atoms with Gasteiger partial charge in [0, 0.05) is 40.3 Å². The quantitative estimate of drug-likeness (QED) is 0.689. The average molecular weight is 407 g/mol. The highest BCUT2D eigenvalue weighted by atomic mass is 16.5. The molecule has 1 aromatic carbocycles. The number of benzene rings is 1. The van der Waals surface area contributed by atoms with Crippen molar-refractivity contribution < 1.29 is 19.1 Å². The maximum absolute atomic E-state index is 12.7. The number of hydrogen-bond donors (Lipinski definition) is 1. The summed E-state index contributed by atoms with van der Waals surface area (Å²) in [6.07, 6.45) is 0.938. The molecule has 1 heterocycles. The van der Waals surface area contributed by atoms with Gasteiger partial charge < -0.3 is 19.7 Å². The summed E-state index contributed by atoms with van der Waals surface area (Å²) in [5, 5.41) is 3.01. The number of rotatable bonds is 8. The summed E-state index contributed by atoms with van der Waals surface area (Å²) in [4.78, 5) is 30.6. The first-order valence-electron chi connectivity index (χ1n) is 10.0. The van der Waals surface area contributed by atoms with E-state index in [2.05, 4.69) is 15.1 Å². The lowest BCUT2D eigenvalue weighted by molar-refractivity contribution is -0.130. The molecule has 1 aromatic rings. The van der Waals surface area contributed by atoms with Crippen LogP contribution in [0.2, 0.25) is 0 Å². The Morgan fingerprint density at radius 1 is 1.10 bits per heavy atom. The molecular formula is C21H34N4O4. The largest absolute Gasteiger partial charge is 0.493 e. The molecule has 1 aliphatic rings. The van der Waals surface area contributed by atoms with Crippen molar-refractivity contribution in [2.45, 2.75) is 25.9 Å². The van der Waals surface area contributed by atoms with Gasteiger partial charge in [0.2, 0.25) is 11.8 Å². The Labute approximate surface area is 173 Å². The van der Waals surface area contributed by atoms with E-state index in [1.165, 1.54) is 0 Å². The van der Waals surface area contributed by atoms with Gasteiger partial charge in [0.25, 0.3) is 0 Å². The van der Waals surface area contributed by atoms with E-state index in [1.807, 2.05) is 25.1 Å². The summed E-state index contributed by atoms with van der Waals surface area (Å²) in [6, 6.07) is 5.40. The molecule has 1 saturated heterocycles. The molecule has 1 unspecified atom stereocenters. The number of ether oxygens (including phenoxy) is 2. The minimum Gasteiger partial charge on any atom is -0.493 e. The van der Waals surface area contributed by atoms with Crippen LogP contribution in [0, 0.1) is 0 Å². The van der Waals surface area contributed by atoms with Gasteiger partial charge >= 0.3 is 0 Å². The number of methoxy groups -OCH3 is 2. The second-order valence-corrected chi connectivity index (χ2v) is 7.54. The maximum Gasteiger partial charge on any atom is 0.237 e. The molecule has 162 valence electrons. The first-order chi connectivity index (χ1) is 13.8. The van der Waals surface area contributed by atoms with Crippen LogP contribution in [0.4, 0.5) is 0 Å². The van der Waals surface area contributed by atoms with Gasteiger partial charge in [-0.25, -0.2) is 0 Å². The lowest BCUT2D eigenvalue weighted by Crippen LogP contribution is -2.46. The standard InChI is InChI=1S/C21H34N4O4/c1-16(25-10-6-9-24(11-12-25)15-20(26)23(2)3)21(27)22-14-17-7-8-18(28-4)19(13-17)29-5/h7-8,13,16H,6,9-12,14-15H2,1-5H3,(H,22,27). The van der Waals surface area contributed by atoms with Crippen molar-refractivity contribution in [3.05, 3.63) is 23.8 Å². The second kappa shape index (κ2) is 11.0. The monoisotopic (exact) mass is 406 g/mol. The van der Waals surface area contributed by atoms with Crippen LogP contribution in [-0.4, -0.2) is 93.6 Å². The Bertz CT molecular complexity index is 695. The van der Waals surface area contributed by atoms with Gasteiger partial charge in [-0.1, -0.05) is 6.07 Å². The first-order valence-corrected chi connectivity index (χ1v) is 10.0. The van der Waals surface area contributed by atoms with Crippen molar-refractivity contribution in [2.24, 2.45) is 0 Å². The molecule has 0 aliphatic carbocycles. The number of nitrogens with zero attached hydrogens (tertiary/aromatic N) is 3. The van der Waals surface area contributed by atoms with E-state index in [-0.39, 0.29) is 17.9 Å². The lowest BCUT2D eigenvalue weighted by atomic mass is 10.2. The van der Waals surface area contributed by atoms with Crippen LogP contribution in [0.3, 0.4) is 0 Å². The smallest absolute Gasteiger partial charge is 0.237 e. The van der Waals surface area contributed by atoms with Gasteiger partial charge in [-0.2, -0.15) is 0 Å². The van der Waals surface area contributed by atoms with E-state index in [0.717, 1.165) is 38.2 Å². The molecule has 1 N–H and O–H groups in total. The lowest BCUT2D eigenvalue weighted by Gasteiger charge is -2.27. The zero-order chi connectivity index (χ0) is 21.4. The van der Waals surface area contributed by atoms with Crippen molar-refractivity contribution in [3.63, 3.8) is 0 Å². The number of carbonyl (C=O) groups is 2. The number of nitrogens with one attached hydrogen (secondary N) is 1. The van der Waals surface area contributed by atoms with Crippen molar-refractivity contribution in [2.75, 3.05) is 61.0 Å². The van der Waals surface area contributed by atoms with Crippen LogP contribution in [0.15, 0.2) is 18.2 Å². The zero-order valence-corrected chi connectivity index (χ0v) is 18.2. The van der Waals surface area contributed by atoms with Crippen LogP contribution in [0.5, 0.6) is 11.5 Å². The van der Waals surface area contributed by atoms with Crippen molar-refractivity contribution >= 4 is 11.8 Å². The highest BCUT2D eigenvalue weighted by molar-refractivity contribution is 5.81. The van der Waals surface area contributed by atoms with Crippen molar-refractivity contribution in [1.82, 2.24) is 20.0 Å². The highest BCUT2D eigenvalue weighted by Crippen LogP contribution is 2.27. The second-order valence-electron chi connectivity index (χ2n) is 7.54. The third-order valence-electron chi connectivity index (χ3n) is 5.32. The van der Waals surface area contributed by atoms with E-state index < -0.39 is 0 Å². The van der Waals surface area contributed by atoms with E-state index in [0.29, 0.717) is 24.6 Å². The summed E-state index contributed by atoms with van der Waals surface area (Å²) < 4.78 is 10.6. The molecule has 0 saturated carbocycles. The van der Waals surface area contributed by atoms with E-state index in [1.54, 1.807) is 33.2 Å². The molecule has 2 rings (SSSR count). The van der Waals surface area contributed by atoms with Gasteiger partial charge in [0.15, 0.2) is 11.5 Å². The average Bonchev–Trinajstić information content (AvgIpc) is 2.96. The molecule has 2 amide bonds. The molecular weight excluding hydrogens is 372 g/mol. The van der Waals surface area contributed by atoms with Gasteiger partial charge in [-0.15, -0.1) is 0 Å². The topological polar surface area (TPSA) is 74.4 Å². The fraction of sp³-hybridized carbons (Fsp3) is 0.619. The van der Waals surface area contributed by atoms with Crippen molar-refractivity contribution in [3.8, 4) is 11.5 Å². The predicted octanol–water partition coefficient (Wildman–Crippen LogP) is 0.804. The molecule has 8 nitrogen and oxygen atoms in total. The van der Waals surface area contributed by atoms with E-state index in [4.69, 9.17) is 9.47 Å². The van der Waals surface area contributed by atoms with Gasteiger partial charge in [-0.05, 0) is 37.6 Å². The SMILES string of the molecule is COc1ccc(CNC(=O)C(C)N2CCCN(CC(=O)N(C)C)CC2)cc1OC. The van der Waals surface area contributed by atoms with Gasteiger partial charge in [-0.3, -0.25) is 19.4 Å². The summed E-state index contributed by atoms with van der Waals surface area (Å²) in [5.74, 6) is 1.42. The Morgan fingerprint density at radius 3 is 2.48 bits per heavy atom. The number of hydrogen-bond acceptors (Lipinski definition) is 6. The zero-order valence-electron chi connectivity index (χ0n) is 18.2. The Morgan fingerprint density at radius 2 is 1.83 bits per heavy atom. The Kier molecular flexibility index (Phi) is 8.72. The highest BCUT2D eigenvalue weighted by Gasteiger charge is 2.24. The van der Waals surface area contributed by atoms with Gasteiger partial charge in [0.1, 0.15) is 0 Å². The van der Waals surface area contributed by atoms with Crippen LogP contribution < -0.4 is 14.8 Å². The van der Waals surface area contributed by atoms with Crippen LogP contribution in [-0.2, 0) is 16.1 Å². The summed E-state index contributed by atoms with van der Waals surface area (Å²) in [7, 11) is 6.74. The maximum atomic E-state index is 12.7. The summed E-state index contributed by atoms with van der Waals surface area (Å²) in [6.45, 7) is 6.07. The molecule has 0 radical (unpaired) electrons. The third-order valence-corrected chi connectivity index (χ3v) is 5.32. The molecule has 1 aliphatic heterocycles. The summed E-state index contributed by atoms with van der Waals surface area (Å²) in [5.41, 5.74) is 0.951. The Balaban J connectivity index is 1.86. The molecule has 1 atom stereocenters. The first kappa shape index (κ1) is 23.0. The normalized spacial score (nSPS) is 16.6. The van der Waals surface area contributed by atoms with E-state index >= 15 is 0 Å². The summed E-state index contributed by atoms with van der Waals surface area (Å²) >= 11 is 0. The minimum absolute atomic E-state index is 0.00222. The number of amides is 2.